The van der Waals surface area contributed by atoms with Crippen LogP contribution < -0.4 is 4.90 Å². The molecule has 1 N–H and O–H groups in total. The summed E-state index contributed by atoms with van der Waals surface area (Å²) in [6, 6.07) is 7.68. The SMILES string of the molecule is CC(=O)CSc1n[nH]c(-c2ccc(N3CCCC3=O)cc2)n1. The van der Waals surface area contributed by atoms with Crippen LogP contribution in [0.5, 0.6) is 0 Å². The Kier molecular flexibility index (Phi) is 4.24. The Balaban J connectivity index is 1.72. The van der Waals surface area contributed by atoms with Crippen molar-refractivity contribution in [2.45, 2.75) is 24.9 Å². The lowest BCUT2D eigenvalue weighted by molar-refractivity contribution is -0.117. The molecule has 0 atom stereocenters. The van der Waals surface area contributed by atoms with Gasteiger partial charge in [0.25, 0.3) is 0 Å². The van der Waals surface area contributed by atoms with Crippen molar-refractivity contribution >= 4 is 29.1 Å². The molecule has 22 heavy (non-hydrogen) atoms. The van der Waals surface area contributed by atoms with Crippen LogP contribution in [0.3, 0.4) is 0 Å². The maximum atomic E-state index is 11.7. The smallest absolute Gasteiger partial charge is 0.227 e. The molecule has 0 unspecified atom stereocenters. The minimum Gasteiger partial charge on any atom is -0.312 e. The maximum absolute atomic E-state index is 11.7. The van der Waals surface area contributed by atoms with E-state index in [0.29, 0.717) is 23.2 Å². The predicted octanol–water partition coefficient (Wildman–Crippen LogP) is 2.28. The maximum Gasteiger partial charge on any atom is 0.227 e. The molecule has 1 saturated heterocycles. The summed E-state index contributed by atoms with van der Waals surface area (Å²) in [4.78, 5) is 28.9. The zero-order valence-electron chi connectivity index (χ0n) is 12.2. The number of amides is 1. The van der Waals surface area contributed by atoms with E-state index in [1.165, 1.54) is 11.8 Å². The van der Waals surface area contributed by atoms with Crippen molar-refractivity contribution in [2.75, 3.05) is 17.2 Å². The molecule has 0 bridgehead atoms. The second-order valence-electron chi connectivity index (χ2n) is 5.15. The normalized spacial score (nSPS) is 14.6. The summed E-state index contributed by atoms with van der Waals surface area (Å²) in [6.07, 6.45) is 1.54. The molecule has 2 aromatic rings. The Hall–Kier alpha value is -2.15. The monoisotopic (exact) mass is 316 g/mol. The van der Waals surface area contributed by atoms with Gasteiger partial charge in [0.15, 0.2) is 5.82 Å². The van der Waals surface area contributed by atoms with Gasteiger partial charge in [-0.1, -0.05) is 11.8 Å². The fraction of sp³-hybridized carbons (Fsp3) is 0.333. The van der Waals surface area contributed by atoms with Crippen molar-refractivity contribution in [2.24, 2.45) is 0 Å². The fourth-order valence-corrected chi connectivity index (χ4v) is 2.93. The van der Waals surface area contributed by atoms with Crippen LogP contribution in [0.15, 0.2) is 29.4 Å². The molecule has 1 aromatic carbocycles. The van der Waals surface area contributed by atoms with Crippen molar-refractivity contribution < 1.29 is 9.59 Å². The van der Waals surface area contributed by atoms with Crippen molar-refractivity contribution in [1.82, 2.24) is 15.2 Å². The number of anilines is 1. The number of benzene rings is 1. The summed E-state index contributed by atoms with van der Waals surface area (Å²) in [6.45, 7) is 2.32. The third kappa shape index (κ3) is 3.19. The minimum atomic E-state index is 0.0935. The Labute approximate surface area is 132 Å². The lowest BCUT2D eigenvalue weighted by atomic mass is 10.2. The Morgan fingerprint density at radius 3 is 2.77 bits per heavy atom. The van der Waals surface area contributed by atoms with E-state index in [1.54, 1.807) is 11.8 Å². The molecular formula is C15H16N4O2S. The summed E-state index contributed by atoms with van der Waals surface area (Å²) in [5.74, 6) is 1.30. The fourth-order valence-electron chi connectivity index (χ4n) is 2.33. The number of thioether (sulfide) groups is 1. The molecule has 1 fully saturated rings. The molecule has 1 aromatic heterocycles. The highest BCUT2D eigenvalue weighted by Gasteiger charge is 2.21. The van der Waals surface area contributed by atoms with Crippen LogP contribution in [0.2, 0.25) is 0 Å². The summed E-state index contributed by atoms with van der Waals surface area (Å²) < 4.78 is 0. The van der Waals surface area contributed by atoms with Gasteiger partial charge in [-0.2, -0.15) is 0 Å². The van der Waals surface area contributed by atoms with Gasteiger partial charge in [-0.25, -0.2) is 4.98 Å². The molecule has 7 heteroatoms. The molecule has 114 valence electrons. The van der Waals surface area contributed by atoms with Gasteiger partial charge in [0.2, 0.25) is 11.1 Å². The largest absolute Gasteiger partial charge is 0.312 e. The number of Topliss-reactive ketones (excluding diaryl/α,β-unsaturated/α-hetero) is 1. The van der Waals surface area contributed by atoms with E-state index in [-0.39, 0.29) is 11.7 Å². The molecule has 2 heterocycles. The van der Waals surface area contributed by atoms with E-state index in [1.807, 2.05) is 24.3 Å². The highest BCUT2D eigenvalue weighted by Crippen LogP contribution is 2.25. The molecule has 1 aliphatic rings. The van der Waals surface area contributed by atoms with Crippen LogP contribution >= 0.6 is 11.8 Å². The molecule has 0 spiro atoms. The molecular weight excluding hydrogens is 300 g/mol. The van der Waals surface area contributed by atoms with Crippen molar-refractivity contribution in [3.8, 4) is 11.4 Å². The first-order valence-corrected chi connectivity index (χ1v) is 8.07. The number of ketones is 1. The average molecular weight is 316 g/mol. The third-order valence-corrected chi connectivity index (χ3v) is 4.39. The first-order valence-electron chi connectivity index (χ1n) is 7.09. The second kappa shape index (κ2) is 6.31. The highest BCUT2D eigenvalue weighted by molar-refractivity contribution is 7.99. The van der Waals surface area contributed by atoms with Gasteiger partial charge in [-0.3, -0.25) is 14.7 Å². The number of aromatic amines is 1. The van der Waals surface area contributed by atoms with Crippen molar-refractivity contribution in [3.63, 3.8) is 0 Å². The number of nitrogens with zero attached hydrogens (tertiary/aromatic N) is 3. The lowest BCUT2D eigenvalue weighted by Crippen LogP contribution is -2.23. The molecule has 6 nitrogen and oxygen atoms in total. The highest BCUT2D eigenvalue weighted by atomic mass is 32.2. The van der Waals surface area contributed by atoms with Gasteiger partial charge in [0.1, 0.15) is 5.78 Å². The summed E-state index contributed by atoms with van der Waals surface area (Å²) in [7, 11) is 0. The molecule has 0 radical (unpaired) electrons. The van der Waals surface area contributed by atoms with Gasteiger partial charge in [-0.15, -0.1) is 5.10 Å². The zero-order chi connectivity index (χ0) is 15.5. The molecule has 1 aliphatic heterocycles. The van der Waals surface area contributed by atoms with Crippen molar-refractivity contribution in [1.29, 1.82) is 0 Å². The number of carbonyl (C=O) groups is 2. The minimum absolute atomic E-state index is 0.0935. The third-order valence-electron chi connectivity index (χ3n) is 3.40. The summed E-state index contributed by atoms with van der Waals surface area (Å²) in [5, 5.41) is 7.52. The first-order chi connectivity index (χ1) is 10.6. The van der Waals surface area contributed by atoms with E-state index < -0.39 is 0 Å². The average Bonchev–Trinajstić information content (AvgIpc) is 3.14. The van der Waals surface area contributed by atoms with Crippen LogP contribution in [-0.2, 0) is 9.59 Å². The zero-order valence-corrected chi connectivity index (χ0v) is 13.0. The van der Waals surface area contributed by atoms with E-state index in [0.717, 1.165) is 24.2 Å². The number of hydrogen-bond donors (Lipinski definition) is 1. The number of nitrogens with one attached hydrogen (secondary N) is 1. The van der Waals surface area contributed by atoms with Crippen molar-refractivity contribution in [3.05, 3.63) is 24.3 Å². The van der Waals surface area contributed by atoms with Gasteiger partial charge < -0.3 is 4.90 Å². The number of aromatic nitrogens is 3. The molecule has 0 saturated carbocycles. The molecule has 0 aliphatic carbocycles. The van der Waals surface area contributed by atoms with E-state index in [9.17, 15) is 9.59 Å². The van der Waals surface area contributed by atoms with Crippen LogP contribution in [0.4, 0.5) is 5.69 Å². The van der Waals surface area contributed by atoms with Crippen LogP contribution in [-0.4, -0.2) is 39.2 Å². The summed E-state index contributed by atoms with van der Waals surface area (Å²) >= 11 is 1.31. The number of H-pyrrole nitrogens is 1. The number of rotatable bonds is 5. The van der Waals surface area contributed by atoms with Crippen LogP contribution in [0, 0.1) is 0 Å². The quantitative estimate of drug-likeness (QED) is 0.856. The van der Waals surface area contributed by atoms with E-state index in [2.05, 4.69) is 15.2 Å². The van der Waals surface area contributed by atoms with Gasteiger partial charge >= 0.3 is 0 Å². The topological polar surface area (TPSA) is 79.0 Å². The van der Waals surface area contributed by atoms with Gasteiger partial charge in [0, 0.05) is 24.2 Å². The number of hydrogen-bond acceptors (Lipinski definition) is 5. The number of carbonyl (C=O) groups excluding carboxylic acids is 2. The molecule has 1 amide bonds. The second-order valence-corrected chi connectivity index (χ2v) is 6.10. The van der Waals surface area contributed by atoms with Gasteiger partial charge in [-0.05, 0) is 37.6 Å². The van der Waals surface area contributed by atoms with E-state index in [4.69, 9.17) is 0 Å². The van der Waals surface area contributed by atoms with E-state index >= 15 is 0 Å². The Bertz CT molecular complexity index is 696. The predicted molar refractivity (Wildman–Crippen MR) is 84.8 cm³/mol. The van der Waals surface area contributed by atoms with Crippen LogP contribution in [0.25, 0.3) is 11.4 Å². The summed E-state index contributed by atoms with van der Waals surface area (Å²) in [5.41, 5.74) is 1.81. The first kappa shape index (κ1) is 14.8. The Morgan fingerprint density at radius 1 is 1.36 bits per heavy atom. The van der Waals surface area contributed by atoms with Crippen LogP contribution in [0.1, 0.15) is 19.8 Å². The van der Waals surface area contributed by atoms with Gasteiger partial charge in [0.05, 0.1) is 5.75 Å². The lowest BCUT2D eigenvalue weighted by Gasteiger charge is -2.15. The standard InChI is InChI=1S/C15H16N4O2S/c1-10(20)9-22-15-16-14(17-18-15)11-4-6-12(7-5-11)19-8-2-3-13(19)21/h4-7H,2-3,8-9H2,1H3,(H,16,17,18). The molecule has 3 rings (SSSR count). The Morgan fingerprint density at radius 2 is 2.14 bits per heavy atom.